The number of morpholine rings is 1. The van der Waals surface area contributed by atoms with Gasteiger partial charge in [-0.25, -0.2) is 0 Å². The molecule has 1 fully saturated rings. The Morgan fingerprint density at radius 2 is 2.25 bits per heavy atom. The summed E-state index contributed by atoms with van der Waals surface area (Å²) >= 11 is 0. The third kappa shape index (κ3) is 1.84. The molecule has 3 unspecified atom stereocenters. The normalized spacial score (nSPS) is 34.6. The van der Waals surface area contributed by atoms with Crippen LogP contribution >= 0.6 is 0 Å². The fourth-order valence-corrected chi connectivity index (χ4v) is 1.61. The van der Waals surface area contributed by atoms with Crippen molar-refractivity contribution >= 4 is 6.29 Å². The number of aldehydes is 1. The highest BCUT2D eigenvalue weighted by Gasteiger charge is 2.28. The minimum Gasteiger partial charge on any atom is -0.376 e. The molecule has 0 aromatic heterocycles. The maximum Gasteiger partial charge on any atom is 0.136 e. The van der Waals surface area contributed by atoms with Crippen molar-refractivity contribution in [2.45, 2.75) is 39.0 Å². The van der Waals surface area contributed by atoms with E-state index in [2.05, 4.69) is 11.8 Å². The van der Waals surface area contributed by atoms with Crippen molar-refractivity contribution < 1.29 is 9.53 Å². The second-order valence-electron chi connectivity index (χ2n) is 3.43. The number of carbonyl (C=O) groups is 1. The van der Waals surface area contributed by atoms with Crippen LogP contribution < -0.4 is 0 Å². The molecule has 3 atom stereocenters. The fourth-order valence-electron chi connectivity index (χ4n) is 1.61. The number of nitrogens with zero attached hydrogens (tertiary/aromatic N) is 1. The first-order valence-electron chi connectivity index (χ1n) is 4.49. The maximum absolute atomic E-state index is 10.6. The van der Waals surface area contributed by atoms with Crippen molar-refractivity contribution in [1.29, 1.82) is 0 Å². The predicted octanol–water partition coefficient (Wildman–Crippen LogP) is 0.683. The van der Waals surface area contributed by atoms with Crippen LogP contribution in [0, 0.1) is 0 Å². The van der Waals surface area contributed by atoms with Gasteiger partial charge in [0.05, 0.1) is 18.8 Å². The fraction of sp³-hybridized carbons (Fsp3) is 0.889. The average Bonchev–Trinajstić information content (AvgIpc) is 2.08. The van der Waals surface area contributed by atoms with E-state index in [1.54, 1.807) is 0 Å². The molecule has 0 radical (unpaired) electrons. The molecule has 1 aliphatic rings. The van der Waals surface area contributed by atoms with Gasteiger partial charge in [-0.3, -0.25) is 4.90 Å². The Morgan fingerprint density at radius 1 is 1.58 bits per heavy atom. The Labute approximate surface area is 73.7 Å². The maximum atomic E-state index is 10.6. The van der Waals surface area contributed by atoms with Crippen molar-refractivity contribution in [3.8, 4) is 0 Å². The van der Waals surface area contributed by atoms with Gasteiger partial charge < -0.3 is 9.53 Å². The average molecular weight is 171 g/mol. The van der Waals surface area contributed by atoms with Crippen LogP contribution in [0.1, 0.15) is 20.8 Å². The molecular formula is C9H17NO2. The molecule has 0 bridgehead atoms. The summed E-state index contributed by atoms with van der Waals surface area (Å²) in [6.45, 7) is 7.69. The lowest BCUT2D eigenvalue weighted by Crippen LogP contribution is -2.52. The summed E-state index contributed by atoms with van der Waals surface area (Å²) < 4.78 is 5.46. The van der Waals surface area contributed by atoms with Gasteiger partial charge in [0.25, 0.3) is 0 Å². The summed E-state index contributed by atoms with van der Waals surface area (Å²) in [5, 5.41) is 0. The van der Waals surface area contributed by atoms with E-state index in [1.165, 1.54) is 0 Å². The lowest BCUT2D eigenvalue weighted by atomic mass is 10.1. The largest absolute Gasteiger partial charge is 0.376 e. The Bertz CT molecular complexity index is 161. The quantitative estimate of drug-likeness (QED) is 0.572. The first kappa shape index (κ1) is 9.68. The second-order valence-corrected chi connectivity index (χ2v) is 3.43. The van der Waals surface area contributed by atoms with Crippen LogP contribution in [0.5, 0.6) is 0 Å². The van der Waals surface area contributed by atoms with Crippen molar-refractivity contribution in [2.24, 2.45) is 0 Å². The van der Waals surface area contributed by atoms with Crippen LogP contribution in [0.3, 0.4) is 0 Å². The summed E-state index contributed by atoms with van der Waals surface area (Å²) in [5.74, 6) is 0. The number of hydrogen-bond donors (Lipinski definition) is 0. The standard InChI is InChI=1S/C9H17NO2/c1-7(6-11)10-4-5-12-9(3)8(10)2/h6-9H,4-5H2,1-3H3. The molecule has 0 amide bonds. The molecule has 1 aliphatic heterocycles. The second kappa shape index (κ2) is 4.01. The van der Waals surface area contributed by atoms with Gasteiger partial charge in [0.1, 0.15) is 6.29 Å². The van der Waals surface area contributed by atoms with Crippen molar-refractivity contribution in [3.05, 3.63) is 0 Å². The first-order chi connectivity index (χ1) is 5.66. The molecule has 0 aromatic rings. The monoisotopic (exact) mass is 171 g/mol. The minimum absolute atomic E-state index is 0.0198. The summed E-state index contributed by atoms with van der Waals surface area (Å²) in [4.78, 5) is 12.8. The van der Waals surface area contributed by atoms with E-state index in [-0.39, 0.29) is 12.1 Å². The molecule has 3 heteroatoms. The number of rotatable bonds is 2. The molecule has 12 heavy (non-hydrogen) atoms. The summed E-state index contributed by atoms with van der Waals surface area (Å²) in [7, 11) is 0. The van der Waals surface area contributed by atoms with E-state index in [4.69, 9.17) is 4.74 Å². The van der Waals surface area contributed by atoms with Crippen LogP contribution in [0.2, 0.25) is 0 Å². The third-order valence-electron chi connectivity index (χ3n) is 2.65. The highest BCUT2D eigenvalue weighted by Crippen LogP contribution is 2.15. The van der Waals surface area contributed by atoms with Gasteiger partial charge in [0.15, 0.2) is 0 Å². The van der Waals surface area contributed by atoms with Crippen molar-refractivity contribution in [3.63, 3.8) is 0 Å². The lowest BCUT2D eigenvalue weighted by Gasteiger charge is -2.39. The summed E-state index contributed by atoms with van der Waals surface area (Å²) in [6, 6.07) is 0.366. The zero-order valence-corrected chi connectivity index (χ0v) is 7.99. The van der Waals surface area contributed by atoms with E-state index < -0.39 is 0 Å². The van der Waals surface area contributed by atoms with Crippen LogP contribution in [-0.2, 0) is 9.53 Å². The van der Waals surface area contributed by atoms with Gasteiger partial charge in [-0.15, -0.1) is 0 Å². The number of ether oxygens (including phenoxy) is 1. The Balaban J connectivity index is 2.56. The van der Waals surface area contributed by atoms with Gasteiger partial charge in [0.2, 0.25) is 0 Å². The van der Waals surface area contributed by atoms with Crippen molar-refractivity contribution in [2.75, 3.05) is 13.2 Å². The van der Waals surface area contributed by atoms with Crippen LogP contribution in [0.25, 0.3) is 0 Å². The number of carbonyl (C=O) groups excluding carboxylic acids is 1. The van der Waals surface area contributed by atoms with Gasteiger partial charge in [-0.2, -0.15) is 0 Å². The van der Waals surface area contributed by atoms with E-state index in [0.717, 1.165) is 19.4 Å². The topological polar surface area (TPSA) is 29.5 Å². The highest BCUT2D eigenvalue weighted by molar-refractivity contribution is 5.56. The molecule has 70 valence electrons. The van der Waals surface area contributed by atoms with Crippen LogP contribution in [0.15, 0.2) is 0 Å². The molecule has 0 aliphatic carbocycles. The van der Waals surface area contributed by atoms with E-state index >= 15 is 0 Å². The highest BCUT2D eigenvalue weighted by atomic mass is 16.5. The molecule has 0 aromatic carbocycles. The SMILES string of the molecule is CC1OCCN(C(C)C=O)C1C. The van der Waals surface area contributed by atoms with E-state index in [9.17, 15) is 4.79 Å². The van der Waals surface area contributed by atoms with Crippen LogP contribution in [-0.4, -0.2) is 42.5 Å². The van der Waals surface area contributed by atoms with Gasteiger partial charge in [0, 0.05) is 12.6 Å². The smallest absolute Gasteiger partial charge is 0.136 e. The molecule has 0 N–H and O–H groups in total. The van der Waals surface area contributed by atoms with Gasteiger partial charge >= 0.3 is 0 Å². The zero-order chi connectivity index (χ0) is 9.14. The zero-order valence-electron chi connectivity index (χ0n) is 7.99. The van der Waals surface area contributed by atoms with Crippen LogP contribution in [0.4, 0.5) is 0 Å². The minimum atomic E-state index is 0.0198. The Hall–Kier alpha value is -0.410. The number of hydrogen-bond acceptors (Lipinski definition) is 3. The van der Waals surface area contributed by atoms with Gasteiger partial charge in [-0.05, 0) is 20.8 Å². The summed E-state index contributed by atoms with van der Waals surface area (Å²) in [5.41, 5.74) is 0. The summed E-state index contributed by atoms with van der Waals surface area (Å²) in [6.07, 6.45) is 1.23. The van der Waals surface area contributed by atoms with E-state index in [0.29, 0.717) is 6.04 Å². The first-order valence-corrected chi connectivity index (χ1v) is 4.49. The third-order valence-corrected chi connectivity index (χ3v) is 2.65. The molecule has 3 nitrogen and oxygen atoms in total. The van der Waals surface area contributed by atoms with Gasteiger partial charge in [-0.1, -0.05) is 0 Å². The van der Waals surface area contributed by atoms with E-state index in [1.807, 2.05) is 13.8 Å². The molecule has 0 spiro atoms. The lowest BCUT2D eigenvalue weighted by molar-refractivity contribution is -0.118. The molecule has 1 saturated heterocycles. The van der Waals surface area contributed by atoms with Crippen molar-refractivity contribution in [1.82, 2.24) is 4.90 Å². The Morgan fingerprint density at radius 3 is 2.83 bits per heavy atom. The molecule has 1 rings (SSSR count). The molecule has 0 saturated carbocycles. The molecular weight excluding hydrogens is 154 g/mol. The predicted molar refractivity (Wildman–Crippen MR) is 47.1 cm³/mol. The Kier molecular flexibility index (Phi) is 3.23. The molecule has 1 heterocycles.